The van der Waals surface area contributed by atoms with Crippen LogP contribution >= 0.6 is 0 Å². The molecule has 0 fully saturated rings. The Labute approximate surface area is 129 Å². The number of anilines is 1. The highest BCUT2D eigenvalue weighted by atomic mass is 15.3. The molecule has 0 aliphatic carbocycles. The molecule has 2 rings (SSSR count). The molecule has 21 heavy (non-hydrogen) atoms. The van der Waals surface area contributed by atoms with Gasteiger partial charge in [0.25, 0.3) is 0 Å². The summed E-state index contributed by atoms with van der Waals surface area (Å²) in [6.07, 6.45) is 0. The van der Waals surface area contributed by atoms with Gasteiger partial charge in [-0.05, 0) is 19.1 Å². The molecular formula is C19H27N2+. The van der Waals surface area contributed by atoms with E-state index in [1.165, 1.54) is 11.3 Å². The van der Waals surface area contributed by atoms with Crippen molar-refractivity contribution in [2.45, 2.75) is 13.5 Å². The molecule has 0 N–H and O–H groups in total. The van der Waals surface area contributed by atoms with Crippen LogP contribution in [0.15, 0.2) is 60.7 Å². The second-order valence-corrected chi connectivity index (χ2v) is 6.22. The van der Waals surface area contributed by atoms with Crippen molar-refractivity contribution in [1.82, 2.24) is 0 Å². The van der Waals surface area contributed by atoms with Gasteiger partial charge < -0.3 is 9.38 Å². The Kier molecular flexibility index (Phi) is 5.40. The fourth-order valence-electron chi connectivity index (χ4n) is 2.66. The standard InChI is InChI=1S/C19H27N2/c1-4-20(19-13-9-6-10-14-19)15-16-21(2,3)17-18-11-7-5-8-12-18/h5-14H,4,15-17H2,1-3H3/q+1. The minimum atomic E-state index is 1.01. The van der Waals surface area contributed by atoms with E-state index in [1.54, 1.807) is 0 Å². The molecule has 0 aromatic heterocycles. The van der Waals surface area contributed by atoms with Gasteiger partial charge in [0.1, 0.15) is 6.54 Å². The highest BCUT2D eigenvalue weighted by Crippen LogP contribution is 2.14. The van der Waals surface area contributed by atoms with Crippen LogP contribution in [-0.4, -0.2) is 38.2 Å². The molecule has 0 aliphatic heterocycles. The number of quaternary nitrogens is 1. The summed E-state index contributed by atoms with van der Waals surface area (Å²) in [4.78, 5) is 2.45. The average molecular weight is 283 g/mol. The quantitative estimate of drug-likeness (QED) is 0.699. The van der Waals surface area contributed by atoms with Crippen LogP contribution in [0.2, 0.25) is 0 Å². The summed E-state index contributed by atoms with van der Waals surface area (Å²) in [6, 6.07) is 21.5. The summed E-state index contributed by atoms with van der Waals surface area (Å²) in [5.74, 6) is 0. The van der Waals surface area contributed by atoms with E-state index in [4.69, 9.17) is 0 Å². The van der Waals surface area contributed by atoms with E-state index >= 15 is 0 Å². The average Bonchev–Trinajstić information content (AvgIpc) is 2.49. The number of hydrogen-bond acceptors (Lipinski definition) is 1. The van der Waals surface area contributed by atoms with Crippen LogP contribution in [0.25, 0.3) is 0 Å². The van der Waals surface area contributed by atoms with Gasteiger partial charge in [-0.2, -0.15) is 0 Å². The summed E-state index contributed by atoms with van der Waals surface area (Å²) < 4.78 is 1.01. The maximum atomic E-state index is 2.45. The minimum absolute atomic E-state index is 1.01. The monoisotopic (exact) mass is 283 g/mol. The van der Waals surface area contributed by atoms with Crippen LogP contribution in [-0.2, 0) is 6.54 Å². The lowest BCUT2D eigenvalue weighted by Crippen LogP contribution is -2.44. The first kappa shape index (κ1) is 15.6. The summed E-state index contributed by atoms with van der Waals surface area (Å²) in [5, 5.41) is 0. The highest BCUT2D eigenvalue weighted by Gasteiger charge is 2.17. The maximum absolute atomic E-state index is 2.45. The molecule has 0 heterocycles. The van der Waals surface area contributed by atoms with Crippen molar-refractivity contribution >= 4 is 5.69 Å². The first-order chi connectivity index (χ1) is 10.1. The first-order valence-electron chi connectivity index (χ1n) is 7.76. The van der Waals surface area contributed by atoms with Crippen LogP contribution in [0.5, 0.6) is 0 Å². The predicted octanol–water partition coefficient (Wildman–Crippen LogP) is 3.79. The predicted molar refractivity (Wildman–Crippen MR) is 91.5 cm³/mol. The minimum Gasteiger partial charge on any atom is -0.366 e. The molecule has 0 bridgehead atoms. The molecule has 0 amide bonds. The number of nitrogens with zero attached hydrogens (tertiary/aromatic N) is 2. The van der Waals surface area contributed by atoms with Gasteiger partial charge in [-0.25, -0.2) is 0 Å². The van der Waals surface area contributed by atoms with E-state index in [9.17, 15) is 0 Å². The smallest absolute Gasteiger partial charge is 0.104 e. The molecule has 0 saturated carbocycles. The zero-order valence-corrected chi connectivity index (χ0v) is 13.5. The van der Waals surface area contributed by atoms with Gasteiger partial charge in [-0.15, -0.1) is 0 Å². The van der Waals surface area contributed by atoms with Crippen LogP contribution in [0.4, 0.5) is 5.69 Å². The van der Waals surface area contributed by atoms with Gasteiger partial charge in [-0.3, -0.25) is 0 Å². The Morgan fingerprint density at radius 1 is 0.857 bits per heavy atom. The zero-order chi connectivity index (χ0) is 15.1. The van der Waals surface area contributed by atoms with E-state index in [-0.39, 0.29) is 0 Å². The van der Waals surface area contributed by atoms with Gasteiger partial charge in [0.2, 0.25) is 0 Å². The van der Waals surface area contributed by atoms with Gasteiger partial charge >= 0.3 is 0 Å². The Bertz CT molecular complexity index is 520. The molecule has 0 radical (unpaired) electrons. The second-order valence-electron chi connectivity index (χ2n) is 6.22. The maximum Gasteiger partial charge on any atom is 0.104 e. The molecule has 2 heteroatoms. The van der Waals surface area contributed by atoms with Gasteiger partial charge in [0.15, 0.2) is 0 Å². The lowest BCUT2D eigenvalue weighted by atomic mass is 10.2. The van der Waals surface area contributed by atoms with Gasteiger partial charge in [0.05, 0.1) is 27.2 Å². The Balaban J connectivity index is 1.94. The number of hydrogen-bond donors (Lipinski definition) is 0. The molecule has 0 spiro atoms. The zero-order valence-electron chi connectivity index (χ0n) is 13.5. The number of benzene rings is 2. The lowest BCUT2D eigenvalue weighted by molar-refractivity contribution is -0.902. The van der Waals surface area contributed by atoms with Crippen molar-refractivity contribution in [3.8, 4) is 0 Å². The first-order valence-corrected chi connectivity index (χ1v) is 7.76. The molecule has 0 unspecified atom stereocenters. The Morgan fingerprint density at radius 3 is 2.00 bits per heavy atom. The molecule has 2 aromatic carbocycles. The fraction of sp³-hybridized carbons (Fsp3) is 0.368. The Hall–Kier alpha value is -1.80. The van der Waals surface area contributed by atoms with Crippen LogP contribution in [0, 0.1) is 0 Å². The van der Waals surface area contributed by atoms with E-state index < -0.39 is 0 Å². The summed E-state index contributed by atoms with van der Waals surface area (Å²) in [7, 11) is 4.62. The number of para-hydroxylation sites is 1. The van der Waals surface area contributed by atoms with Crippen molar-refractivity contribution in [2.75, 3.05) is 38.6 Å². The van der Waals surface area contributed by atoms with E-state index in [0.29, 0.717) is 0 Å². The highest BCUT2D eigenvalue weighted by molar-refractivity contribution is 5.45. The molecule has 2 aromatic rings. The molecule has 0 aliphatic rings. The summed E-state index contributed by atoms with van der Waals surface area (Å²) in [5.41, 5.74) is 2.73. The third kappa shape index (κ3) is 4.91. The number of likely N-dealkylation sites (N-methyl/N-ethyl adjacent to an activating group) is 2. The molecule has 0 saturated heterocycles. The van der Waals surface area contributed by atoms with Gasteiger partial charge in [-0.1, -0.05) is 48.5 Å². The molecular weight excluding hydrogens is 256 g/mol. The molecule has 112 valence electrons. The largest absolute Gasteiger partial charge is 0.366 e. The van der Waals surface area contributed by atoms with E-state index in [0.717, 1.165) is 30.7 Å². The normalized spacial score (nSPS) is 11.4. The second kappa shape index (κ2) is 7.28. The van der Waals surface area contributed by atoms with Crippen molar-refractivity contribution in [3.63, 3.8) is 0 Å². The van der Waals surface area contributed by atoms with Crippen molar-refractivity contribution in [2.24, 2.45) is 0 Å². The summed E-state index contributed by atoms with van der Waals surface area (Å²) >= 11 is 0. The molecule has 2 nitrogen and oxygen atoms in total. The fourth-order valence-corrected chi connectivity index (χ4v) is 2.66. The van der Waals surface area contributed by atoms with E-state index in [1.807, 2.05) is 0 Å². The van der Waals surface area contributed by atoms with Crippen molar-refractivity contribution in [1.29, 1.82) is 0 Å². The third-order valence-electron chi connectivity index (χ3n) is 3.93. The lowest BCUT2D eigenvalue weighted by Gasteiger charge is -2.33. The van der Waals surface area contributed by atoms with Gasteiger partial charge in [0, 0.05) is 17.8 Å². The van der Waals surface area contributed by atoms with Crippen molar-refractivity contribution in [3.05, 3.63) is 66.2 Å². The SMILES string of the molecule is CCN(CC[N+](C)(C)Cc1ccccc1)c1ccccc1. The van der Waals surface area contributed by atoms with Crippen LogP contribution in [0.3, 0.4) is 0 Å². The van der Waals surface area contributed by atoms with Crippen LogP contribution in [0.1, 0.15) is 12.5 Å². The summed E-state index contributed by atoms with van der Waals surface area (Å²) in [6.45, 7) is 6.57. The van der Waals surface area contributed by atoms with Crippen LogP contribution < -0.4 is 4.90 Å². The topological polar surface area (TPSA) is 3.24 Å². The van der Waals surface area contributed by atoms with Crippen molar-refractivity contribution < 1.29 is 4.48 Å². The number of rotatable bonds is 7. The third-order valence-corrected chi connectivity index (χ3v) is 3.93. The van der Waals surface area contributed by atoms with E-state index in [2.05, 4.69) is 86.6 Å². The molecule has 0 atom stereocenters. The Morgan fingerprint density at radius 2 is 1.43 bits per heavy atom.